The highest BCUT2D eigenvalue weighted by Crippen LogP contribution is 2.34. The average Bonchev–Trinajstić information content (AvgIpc) is 2.72. The van der Waals surface area contributed by atoms with Crippen molar-refractivity contribution in [1.82, 2.24) is 0 Å². The molecule has 0 fully saturated rings. The Morgan fingerprint density at radius 1 is 1.04 bits per heavy atom. The van der Waals surface area contributed by atoms with E-state index in [0.717, 1.165) is 0 Å². The van der Waals surface area contributed by atoms with E-state index >= 15 is 0 Å². The van der Waals surface area contributed by atoms with Crippen molar-refractivity contribution in [3.63, 3.8) is 0 Å². The van der Waals surface area contributed by atoms with Gasteiger partial charge in [-0.2, -0.15) is 0 Å². The predicted molar refractivity (Wildman–Crippen MR) is 106 cm³/mol. The van der Waals surface area contributed by atoms with Crippen LogP contribution in [0.1, 0.15) is 23.7 Å². The fraction of sp³-hybridized carbons (Fsp3) is 0.300. The van der Waals surface area contributed by atoms with Crippen LogP contribution in [0.5, 0.6) is 17.2 Å². The molecule has 1 amide bonds. The number of para-hydroxylation sites is 1. The number of amides is 1. The summed E-state index contributed by atoms with van der Waals surface area (Å²) in [6, 6.07) is 9.80. The van der Waals surface area contributed by atoms with Gasteiger partial charge in [0, 0.05) is 12.1 Å². The van der Waals surface area contributed by atoms with Crippen molar-refractivity contribution in [2.45, 2.75) is 19.4 Å². The Kier molecular flexibility index (Phi) is 7.52. The lowest BCUT2D eigenvalue weighted by atomic mass is 10.1. The number of carbonyl (C=O) groups excluding carboxylic acids is 2. The van der Waals surface area contributed by atoms with E-state index in [1.54, 1.807) is 31.2 Å². The fourth-order valence-electron chi connectivity index (χ4n) is 2.49. The van der Waals surface area contributed by atoms with Gasteiger partial charge in [-0.1, -0.05) is 30.7 Å². The van der Waals surface area contributed by atoms with Gasteiger partial charge < -0.3 is 24.3 Å². The molecule has 0 saturated heterocycles. The first-order chi connectivity index (χ1) is 13.4. The molecule has 28 heavy (non-hydrogen) atoms. The number of nitrogens with one attached hydrogen (secondary N) is 1. The van der Waals surface area contributed by atoms with Gasteiger partial charge in [0.05, 0.1) is 37.6 Å². The molecule has 0 aromatic heterocycles. The van der Waals surface area contributed by atoms with Crippen LogP contribution in [0.15, 0.2) is 36.4 Å². The molecule has 2 aromatic rings. The van der Waals surface area contributed by atoms with Crippen LogP contribution < -0.4 is 19.5 Å². The molecule has 0 aliphatic rings. The standard InChI is InChI=1S/C20H22ClNO6/c1-5-15(28-16-9-7-6-8-13(16)21)19(23)22-14-11-18(26-3)17(25-2)10-12(14)20(24)27-4/h6-11,15H,5H2,1-4H3,(H,22,23)/t15-/m1/s1. The van der Waals surface area contributed by atoms with Crippen LogP contribution in [0.25, 0.3) is 0 Å². The molecular formula is C20H22ClNO6. The van der Waals surface area contributed by atoms with Gasteiger partial charge in [0.15, 0.2) is 17.6 Å². The summed E-state index contributed by atoms with van der Waals surface area (Å²) >= 11 is 6.10. The first-order valence-corrected chi connectivity index (χ1v) is 8.89. The van der Waals surface area contributed by atoms with E-state index in [0.29, 0.717) is 28.7 Å². The van der Waals surface area contributed by atoms with Crippen LogP contribution in [-0.4, -0.2) is 39.3 Å². The zero-order chi connectivity index (χ0) is 20.7. The molecule has 150 valence electrons. The molecule has 0 heterocycles. The monoisotopic (exact) mass is 407 g/mol. The van der Waals surface area contributed by atoms with E-state index in [-0.39, 0.29) is 11.3 Å². The first kappa shape index (κ1) is 21.4. The smallest absolute Gasteiger partial charge is 0.340 e. The van der Waals surface area contributed by atoms with E-state index in [1.165, 1.54) is 33.5 Å². The van der Waals surface area contributed by atoms with Gasteiger partial charge in [-0.15, -0.1) is 0 Å². The molecule has 2 rings (SSSR count). The topological polar surface area (TPSA) is 83.1 Å². The number of hydrogen-bond acceptors (Lipinski definition) is 6. The van der Waals surface area contributed by atoms with Gasteiger partial charge in [-0.3, -0.25) is 4.79 Å². The van der Waals surface area contributed by atoms with E-state index in [9.17, 15) is 9.59 Å². The highest BCUT2D eigenvalue weighted by molar-refractivity contribution is 6.32. The van der Waals surface area contributed by atoms with Crippen LogP contribution in [0, 0.1) is 0 Å². The third-order valence-corrected chi connectivity index (χ3v) is 4.27. The SMILES string of the molecule is CC[C@@H](Oc1ccccc1Cl)C(=O)Nc1cc(OC)c(OC)cc1C(=O)OC. The number of carbonyl (C=O) groups is 2. The molecule has 0 bridgehead atoms. The maximum atomic E-state index is 12.8. The van der Waals surface area contributed by atoms with E-state index in [4.69, 9.17) is 30.5 Å². The summed E-state index contributed by atoms with van der Waals surface area (Å²) in [5.41, 5.74) is 0.344. The van der Waals surface area contributed by atoms with Crippen molar-refractivity contribution < 1.29 is 28.5 Å². The lowest BCUT2D eigenvalue weighted by molar-refractivity contribution is -0.122. The van der Waals surface area contributed by atoms with Crippen LogP contribution in [0.2, 0.25) is 5.02 Å². The van der Waals surface area contributed by atoms with Crippen molar-refractivity contribution in [2.24, 2.45) is 0 Å². The number of methoxy groups -OCH3 is 3. The molecule has 1 atom stereocenters. The number of benzene rings is 2. The summed E-state index contributed by atoms with van der Waals surface area (Å²) in [4.78, 5) is 24.9. The molecule has 1 N–H and O–H groups in total. The minimum atomic E-state index is -0.821. The van der Waals surface area contributed by atoms with Gasteiger partial charge in [0.1, 0.15) is 5.75 Å². The summed E-state index contributed by atoms with van der Waals surface area (Å²) in [5, 5.41) is 3.10. The second-order valence-electron chi connectivity index (χ2n) is 5.68. The summed E-state index contributed by atoms with van der Waals surface area (Å²) < 4.78 is 21.0. The summed E-state index contributed by atoms with van der Waals surface area (Å²) in [7, 11) is 4.15. The lowest BCUT2D eigenvalue weighted by Crippen LogP contribution is -2.33. The Balaban J connectivity index is 2.32. The lowest BCUT2D eigenvalue weighted by Gasteiger charge is -2.20. The second kappa shape index (κ2) is 9.85. The molecule has 0 aliphatic carbocycles. The predicted octanol–water partition coefficient (Wildman–Crippen LogP) is 3.94. The van der Waals surface area contributed by atoms with Crippen molar-refractivity contribution in [2.75, 3.05) is 26.6 Å². The molecule has 0 unspecified atom stereocenters. The van der Waals surface area contributed by atoms with E-state index in [1.807, 2.05) is 0 Å². The molecular weight excluding hydrogens is 386 g/mol. The molecule has 0 aliphatic heterocycles. The minimum Gasteiger partial charge on any atom is -0.493 e. The van der Waals surface area contributed by atoms with E-state index < -0.39 is 18.0 Å². The largest absolute Gasteiger partial charge is 0.493 e. The Hall–Kier alpha value is -2.93. The van der Waals surface area contributed by atoms with Crippen LogP contribution >= 0.6 is 11.6 Å². The van der Waals surface area contributed by atoms with Crippen molar-refractivity contribution in [1.29, 1.82) is 0 Å². The molecule has 0 spiro atoms. The quantitative estimate of drug-likeness (QED) is 0.667. The molecule has 0 radical (unpaired) electrons. The maximum absolute atomic E-state index is 12.8. The van der Waals surface area contributed by atoms with Crippen LogP contribution in [0.4, 0.5) is 5.69 Å². The second-order valence-corrected chi connectivity index (χ2v) is 6.09. The number of hydrogen-bond donors (Lipinski definition) is 1. The van der Waals surface area contributed by atoms with Crippen molar-refractivity contribution >= 4 is 29.2 Å². The highest BCUT2D eigenvalue weighted by atomic mass is 35.5. The van der Waals surface area contributed by atoms with Gasteiger partial charge in [-0.25, -0.2) is 4.79 Å². The minimum absolute atomic E-state index is 0.126. The molecule has 2 aromatic carbocycles. The zero-order valence-electron chi connectivity index (χ0n) is 16.1. The van der Waals surface area contributed by atoms with Crippen LogP contribution in [0.3, 0.4) is 0 Å². The van der Waals surface area contributed by atoms with Crippen LogP contribution in [-0.2, 0) is 9.53 Å². The van der Waals surface area contributed by atoms with Gasteiger partial charge in [-0.05, 0) is 18.6 Å². The summed E-state index contributed by atoms with van der Waals surface area (Å²) in [6.07, 6.45) is -0.434. The Bertz CT molecular complexity index is 855. The number of esters is 1. The molecule has 8 heteroatoms. The number of rotatable bonds is 8. The average molecular weight is 408 g/mol. The molecule has 0 saturated carbocycles. The summed E-state index contributed by atoms with van der Waals surface area (Å²) in [6.45, 7) is 1.80. The van der Waals surface area contributed by atoms with E-state index in [2.05, 4.69) is 5.32 Å². The Morgan fingerprint density at radius 3 is 2.25 bits per heavy atom. The van der Waals surface area contributed by atoms with Gasteiger partial charge in [0.2, 0.25) is 0 Å². The molecule has 7 nitrogen and oxygen atoms in total. The highest BCUT2D eigenvalue weighted by Gasteiger charge is 2.24. The van der Waals surface area contributed by atoms with Crippen molar-refractivity contribution in [3.8, 4) is 17.2 Å². The third-order valence-electron chi connectivity index (χ3n) is 3.96. The maximum Gasteiger partial charge on any atom is 0.340 e. The number of halogens is 1. The number of ether oxygens (including phenoxy) is 4. The first-order valence-electron chi connectivity index (χ1n) is 8.51. The summed E-state index contributed by atoms with van der Waals surface area (Å²) in [5.74, 6) is 0.00793. The fourth-order valence-corrected chi connectivity index (χ4v) is 2.67. The van der Waals surface area contributed by atoms with Gasteiger partial charge in [0.25, 0.3) is 5.91 Å². The number of anilines is 1. The van der Waals surface area contributed by atoms with Gasteiger partial charge >= 0.3 is 5.97 Å². The third kappa shape index (κ3) is 4.86. The normalized spacial score (nSPS) is 11.3. The Morgan fingerprint density at radius 2 is 1.68 bits per heavy atom. The van der Waals surface area contributed by atoms with Crippen molar-refractivity contribution in [3.05, 3.63) is 47.0 Å². The Labute approximate surface area is 168 Å². The zero-order valence-corrected chi connectivity index (χ0v) is 16.8.